The van der Waals surface area contributed by atoms with E-state index in [-0.39, 0.29) is 14.8 Å². The van der Waals surface area contributed by atoms with Crippen molar-refractivity contribution in [2.75, 3.05) is 5.32 Å². The lowest BCUT2D eigenvalue weighted by atomic mass is 10.2. The van der Waals surface area contributed by atoms with Gasteiger partial charge in [0.05, 0.1) is 20.3 Å². The average Bonchev–Trinajstić information content (AvgIpc) is 3.51. The van der Waals surface area contributed by atoms with E-state index in [0.717, 1.165) is 16.9 Å². The number of hydrogen-bond donors (Lipinski definition) is 1. The molecule has 0 saturated heterocycles. The van der Waals surface area contributed by atoms with Crippen molar-refractivity contribution in [3.63, 3.8) is 0 Å². The average molecular weight is 593 g/mol. The lowest BCUT2D eigenvalue weighted by Crippen LogP contribution is -2.32. The number of carbonyl (C=O) groups is 1. The number of anilines is 1. The van der Waals surface area contributed by atoms with E-state index < -0.39 is 11.5 Å². The molecule has 0 saturated carbocycles. The fourth-order valence-corrected chi connectivity index (χ4v) is 5.35. The Hall–Kier alpha value is -4.06. The molecular weight excluding hydrogens is 577 g/mol. The van der Waals surface area contributed by atoms with Crippen LogP contribution in [0.4, 0.5) is 5.69 Å². The second kappa shape index (κ2) is 11.4. The van der Waals surface area contributed by atoms with Crippen molar-refractivity contribution in [1.82, 2.24) is 4.57 Å². The quantitative estimate of drug-likeness (QED) is 0.261. The molecule has 0 spiro atoms. The van der Waals surface area contributed by atoms with Crippen LogP contribution in [0.2, 0.25) is 15.1 Å². The lowest BCUT2D eigenvalue weighted by molar-refractivity contribution is -0.111. The number of rotatable bonds is 5. The minimum absolute atomic E-state index is 0.177. The number of carbonyl (C=O) groups excluding carboxylic acids is 1. The standard InChI is InChI=1S/C29H16Cl3N3O3S/c30-18-5-4-6-19(14-18)34-27(36)22(16-33)29-35(20-7-2-1-3-8-20)28(37)26(39-29)15-21-10-12-25(38-21)17-9-11-23(31)24(32)13-17/h1-15H,(H,34,36)/b26-15-,29-22-. The number of thiazole rings is 1. The largest absolute Gasteiger partial charge is 0.457 e. The molecule has 0 aliphatic carbocycles. The summed E-state index contributed by atoms with van der Waals surface area (Å²) in [5.41, 5.74) is 1.01. The second-order valence-electron chi connectivity index (χ2n) is 8.17. The number of nitrogens with zero attached hydrogens (tertiary/aromatic N) is 2. The molecular formula is C29H16Cl3N3O3S. The van der Waals surface area contributed by atoms with Crippen LogP contribution in [0.15, 0.2) is 94.1 Å². The second-order valence-corrected chi connectivity index (χ2v) is 10.5. The molecule has 0 aliphatic rings. The van der Waals surface area contributed by atoms with E-state index in [0.29, 0.717) is 38.0 Å². The van der Waals surface area contributed by atoms with Gasteiger partial charge < -0.3 is 9.73 Å². The summed E-state index contributed by atoms with van der Waals surface area (Å²) in [4.78, 5) is 26.8. The third-order valence-corrected chi connectivity index (χ3v) is 7.64. The number of amides is 1. The maximum atomic E-state index is 13.6. The highest BCUT2D eigenvalue weighted by atomic mass is 35.5. The van der Waals surface area contributed by atoms with Crippen LogP contribution in [0.1, 0.15) is 5.76 Å². The van der Waals surface area contributed by atoms with Crippen LogP contribution in [-0.2, 0) is 4.79 Å². The van der Waals surface area contributed by atoms with Crippen LogP contribution in [0, 0.1) is 11.3 Å². The number of para-hydroxylation sites is 1. The monoisotopic (exact) mass is 591 g/mol. The smallest absolute Gasteiger partial charge is 0.273 e. The third kappa shape index (κ3) is 5.70. The minimum atomic E-state index is -0.669. The molecule has 0 atom stereocenters. The van der Waals surface area contributed by atoms with E-state index in [2.05, 4.69) is 5.32 Å². The molecule has 0 fully saturated rings. The topological polar surface area (TPSA) is 88.0 Å². The van der Waals surface area contributed by atoms with E-state index in [1.807, 2.05) is 12.1 Å². The van der Waals surface area contributed by atoms with Crippen LogP contribution < -0.4 is 20.1 Å². The number of halogens is 3. The maximum Gasteiger partial charge on any atom is 0.273 e. The molecule has 2 aromatic heterocycles. The van der Waals surface area contributed by atoms with Crippen molar-refractivity contribution < 1.29 is 9.21 Å². The first kappa shape index (κ1) is 26.5. The molecule has 0 radical (unpaired) electrons. The molecule has 3 aromatic carbocycles. The van der Waals surface area contributed by atoms with Crippen molar-refractivity contribution in [1.29, 1.82) is 5.26 Å². The molecule has 39 heavy (non-hydrogen) atoms. The normalized spacial score (nSPS) is 12.2. The van der Waals surface area contributed by atoms with E-state index in [9.17, 15) is 14.9 Å². The van der Waals surface area contributed by atoms with E-state index >= 15 is 0 Å². The van der Waals surface area contributed by atoms with Gasteiger partial charge in [0.2, 0.25) is 0 Å². The number of furan rings is 1. The molecule has 192 valence electrons. The number of hydrogen-bond acceptors (Lipinski definition) is 5. The summed E-state index contributed by atoms with van der Waals surface area (Å²) in [7, 11) is 0. The van der Waals surface area contributed by atoms with E-state index in [4.69, 9.17) is 39.2 Å². The van der Waals surface area contributed by atoms with Crippen LogP contribution in [0.3, 0.4) is 0 Å². The van der Waals surface area contributed by atoms with Crippen LogP contribution in [0.5, 0.6) is 0 Å². The van der Waals surface area contributed by atoms with Gasteiger partial charge in [-0.15, -0.1) is 11.3 Å². The highest BCUT2D eigenvalue weighted by molar-refractivity contribution is 7.07. The SMILES string of the molecule is N#C/C(C(=O)Nc1cccc(Cl)c1)=c1/s/c(=C\c2ccc(-c3ccc(Cl)c(Cl)c3)o2)c(=O)n1-c1ccccc1. The highest BCUT2D eigenvalue weighted by Crippen LogP contribution is 2.29. The summed E-state index contributed by atoms with van der Waals surface area (Å²) in [6.07, 6.45) is 1.57. The summed E-state index contributed by atoms with van der Waals surface area (Å²) in [6, 6.07) is 25.9. The van der Waals surface area contributed by atoms with Gasteiger partial charge in [0.1, 0.15) is 22.3 Å². The Morgan fingerprint density at radius 1 is 0.949 bits per heavy atom. The van der Waals surface area contributed by atoms with E-state index in [1.165, 1.54) is 4.57 Å². The summed E-state index contributed by atoms with van der Waals surface area (Å²) < 4.78 is 7.73. The zero-order valence-corrected chi connectivity index (χ0v) is 22.9. The Morgan fingerprint density at radius 2 is 1.74 bits per heavy atom. The zero-order chi connectivity index (χ0) is 27.5. The van der Waals surface area contributed by atoms with Crippen molar-refractivity contribution in [2.24, 2.45) is 0 Å². The zero-order valence-electron chi connectivity index (χ0n) is 19.8. The maximum absolute atomic E-state index is 13.6. The summed E-state index contributed by atoms with van der Waals surface area (Å²) in [5, 5.41) is 13.9. The minimum Gasteiger partial charge on any atom is -0.457 e. The Bertz CT molecular complexity index is 1940. The summed E-state index contributed by atoms with van der Waals surface area (Å²) in [5.74, 6) is 0.269. The Morgan fingerprint density at radius 3 is 2.46 bits per heavy atom. The molecule has 2 heterocycles. The highest BCUT2D eigenvalue weighted by Gasteiger charge is 2.18. The van der Waals surface area contributed by atoms with Gasteiger partial charge in [-0.25, -0.2) is 0 Å². The molecule has 0 unspecified atom stereocenters. The number of aromatic nitrogens is 1. The lowest BCUT2D eigenvalue weighted by Gasteiger charge is -2.06. The summed E-state index contributed by atoms with van der Waals surface area (Å²) in [6.45, 7) is 0. The van der Waals surface area contributed by atoms with Gasteiger partial charge in [0.25, 0.3) is 11.5 Å². The van der Waals surface area contributed by atoms with Gasteiger partial charge in [-0.2, -0.15) is 5.26 Å². The van der Waals surface area contributed by atoms with E-state index in [1.54, 1.807) is 84.9 Å². The Labute approximate surface area is 241 Å². The fourth-order valence-electron chi connectivity index (χ4n) is 3.78. The number of nitriles is 1. The molecule has 1 N–H and O–H groups in total. The number of nitrogens with one attached hydrogen (secondary N) is 1. The molecule has 5 rings (SSSR count). The van der Waals surface area contributed by atoms with Crippen molar-refractivity contribution in [2.45, 2.75) is 0 Å². The Kier molecular flexibility index (Phi) is 7.73. The Balaban J connectivity index is 1.65. The predicted molar refractivity (Wildman–Crippen MR) is 156 cm³/mol. The van der Waals surface area contributed by atoms with Gasteiger partial charge >= 0.3 is 0 Å². The molecule has 1 amide bonds. The first-order valence-electron chi connectivity index (χ1n) is 11.4. The fraction of sp³-hybridized carbons (Fsp3) is 0. The molecule has 5 aromatic rings. The van der Waals surface area contributed by atoms with Gasteiger partial charge in [0, 0.05) is 22.3 Å². The molecule has 0 aliphatic heterocycles. The van der Waals surface area contributed by atoms with Gasteiger partial charge in [-0.05, 0) is 60.7 Å². The van der Waals surface area contributed by atoms with Gasteiger partial charge in [0.15, 0.2) is 5.57 Å². The van der Waals surface area contributed by atoms with Crippen molar-refractivity contribution in [3.8, 4) is 23.1 Å². The third-order valence-electron chi connectivity index (χ3n) is 5.58. The predicted octanol–water partition coefficient (Wildman–Crippen LogP) is 6.26. The molecule has 0 bridgehead atoms. The first-order chi connectivity index (χ1) is 18.8. The van der Waals surface area contributed by atoms with Crippen LogP contribution in [-0.4, -0.2) is 10.5 Å². The van der Waals surface area contributed by atoms with Crippen LogP contribution >= 0.6 is 46.1 Å². The van der Waals surface area contributed by atoms with Gasteiger partial charge in [-0.3, -0.25) is 14.2 Å². The first-order valence-corrected chi connectivity index (χ1v) is 13.3. The van der Waals surface area contributed by atoms with Crippen molar-refractivity contribution in [3.05, 3.63) is 125 Å². The van der Waals surface area contributed by atoms with Crippen molar-refractivity contribution >= 4 is 69.4 Å². The molecule has 10 heteroatoms. The molecule has 6 nitrogen and oxygen atoms in total. The summed E-state index contributed by atoms with van der Waals surface area (Å²) >= 11 is 19.2. The van der Waals surface area contributed by atoms with Gasteiger partial charge in [-0.1, -0.05) is 59.1 Å². The number of benzene rings is 3. The van der Waals surface area contributed by atoms with Crippen LogP contribution in [0.25, 0.3) is 28.7 Å².